The number of halogens is 4. The average Bonchev–Trinajstić information content (AvgIpc) is 3.00. The van der Waals surface area contributed by atoms with E-state index in [9.17, 15) is 18.0 Å². The Morgan fingerprint density at radius 2 is 1.96 bits per heavy atom. The fourth-order valence-corrected chi connectivity index (χ4v) is 2.50. The number of nitrogens with zero attached hydrogens (tertiary/aromatic N) is 3. The lowest BCUT2D eigenvalue weighted by Crippen LogP contribution is -2.43. The zero-order valence-electron chi connectivity index (χ0n) is 16.5. The highest BCUT2D eigenvalue weighted by Crippen LogP contribution is 2.30. The normalized spacial score (nSPS) is 12.2. The van der Waals surface area contributed by atoms with Crippen molar-refractivity contribution in [3.63, 3.8) is 0 Å². The van der Waals surface area contributed by atoms with Crippen LogP contribution in [0.4, 0.5) is 18.0 Å². The van der Waals surface area contributed by atoms with Crippen molar-refractivity contribution in [3.05, 3.63) is 16.1 Å². The summed E-state index contributed by atoms with van der Waals surface area (Å²) in [5.74, 6) is 0.429. The van der Waals surface area contributed by atoms with Crippen molar-refractivity contribution in [3.8, 4) is 0 Å². The van der Waals surface area contributed by atoms with Crippen LogP contribution in [0.15, 0.2) is 10.4 Å². The Kier molecular flexibility index (Phi) is 11.1. The fraction of sp³-hybridized carbons (Fsp3) is 0.688. The number of rotatable bonds is 6. The number of ether oxygens (including phenoxy) is 1. The van der Waals surface area contributed by atoms with Crippen LogP contribution in [-0.2, 0) is 17.5 Å². The van der Waals surface area contributed by atoms with Gasteiger partial charge in [0.1, 0.15) is 10.6 Å². The first-order chi connectivity index (χ1) is 12.4. The highest BCUT2D eigenvalue weighted by molar-refractivity contribution is 14.0. The van der Waals surface area contributed by atoms with Gasteiger partial charge in [0, 0.05) is 32.1 Å². The lowest BCUT2D eigenvalue weighted by molar-refractivity contribution is -0.140. The zero-order chi connectivity index (χ0) is 20.7. The molecule has 7 nitrogen and oxygen atoms in total. The van der Waals surface area contributed by atoms with E-state index in [1.807, 2.05) is 6.92 Å². The molecule has 0 aliphatic heterocycles. The molecule has 0 atom stereocenters. The molecule has 12 heteroatoms. The molecule has 0 aliphatic rings. The van der Waals surface area contributed by atoms with Gasteiger partial charge in [0.15, 0.2) is 11.7 Å². The number of hydrogen-bond donors (Lipinski definition) is 2. The van der Waals surface area contributed by atoms with E-state index < -0.39 is 23.6 Å². The molecule has 1 rings (SSSR count). The van der Waals surface area contributed by atoms with E-state index in [1.165, 1.54) is 4.90 Å². The van der Waals surface area contributed by atoms with Gasteiger partial charge in [-0.1, -0.05) is 0 Å². The van der Waals surface area contributed by atoms with Crippen LogP contribution in [0.1, 0.15) is 38.4 Å². The Morgan fingerprint density at radius 3 is 2.46 bits per heavy atom. The molecule has 0 saturated heterocycles. The van der Waals surface area contributed by atoms with E-state index in [4.69, 9.17) is 4.74 Å². The number of nitrogens with one attached hydrogen (secondary N) is 2. The van der Waals surface area contributed by atoms with E-state index in [0.29, 0.717) is 25.6 Å². The molecule has 0 radical (unpaired) electrons. The van der Waals surface area contributed by atoms with E-state index in [2.05, 4.69) is 20.6 Å². The van der Waals surface area contributed by atoms with Gasteiger partial charge in [-0.2, -0.15) is 13.2 Å². The molecule has 0 spiro atoms. The van der Waals surface area contributed by atoms with Crippen LogP contribution in [0.5, 0.6) is 0 Å². The van der Waals surface area contributed by atoms with Crippen LogP contribution in [0.3, 0.4) is 0 Å². The second kappa shape index (κ2) is 11.6. The van der Waals surface area contributed by atoms with Gasteiger partial charge in [0.05, 0.1) is 6.54 Å². The smallest absolute Gasteiger partial charge is 0.434 e. The quantitative estimate of drug-likeness (QED) is 0.329. The Morgan fingerprint density at radius 1 is 1.32 bits per heavy atom. The van der Waals surface area contributed by atoms with Gasteiger partial charge in [0.25, 0.3) is 0 Å². The largest absolute Gasteiger partial charge is 0.444 e. The number of carbonyl (C=O) groups is 1. The van der Waals surface area contributed by atoms with Crippen molar-refractivity contribution in [2.75, 3.05) is 26.7 Å². The van der Waals surface area contributed by atoms with Crippen molar-refractivity contribution < 1.29 is 22.7 Å². The van der Waals surface area contributed by atoms with Gasteiger partial charge in [-0.25, -0.2) is 14.8 Å². The number of alkyl halides is 3. The molecule has 0 unspecified atom stereocenters. The highest BCUT2D eigenvalue weighted by atomic mass is 127. The third-order valence-corrected chi connectivity index (χ3v) is 3.84. The number of aliphatic imine (C=N–C) groups is 1. The summed E-state index contributed by atoms with van der Waals surface area (Å²) in [5, 5.41) is 7.25. The molecule has 1 amide bonds. The van der Waals surface area contributed by atoms with Gasteiger partial charge in [-0.3, -0.25) is 0 Å². The molecule has 28 heavy (non-hydrogen) atoms. The van der Waals surface area contributed by atoms with Gasteiger partial charge >= 0.3 is 12.3 Å². The molecule has 0 fully saturated rings. The maximum absolute atomic E-state index is 12.6. The molecule has 0 aromatic carbocycles. The summed E-state index contributed by atoms with van der Waals surface area (Å²) in [6.07, 6.45) is -4.89. The lowest BCUT2D eigenvalue weighted by Gasteiger charge is -2.24. The number of likely N-dealkylation sites (N-methyl/N-ethyl adjacent to an activating group) is 1. The molecular weight excluding hydrogens is 510 g/mol. The molecule has 1 aromatic heterocycles. The second-order valence-corrected chi connectivity index (χ2v) is 7.59. The van der Waals surface area contributed by atoms with E-state index in [-0.39, 0.29) is 35.5 Å². The Labute approximate surface area is 184 Å². The first-order valence-electron chi connectivity index (χ1n) is 8.40. The van der Waals surface area contributed by atoms with Crippen molar-refractivity contribution in [1.82, 2.24) is 20.5 Å². The number of amides is 1. The maximum Gasteiger partial charge on any atom is 0.434 e. The summed E-state index contributed by atoms with van der Waals surface area (Å²) >= 11 is 0.911. The van der Waals surface area contributed by atoms with E-state index in [1.54, 1.807) is 27.8 Å². The van der Waals surface area contributed by atoms with Crippen molar-refractivity contribution in [2.24, 2.45) is 4.99 Å². The van der Waals surface area contributed by atoms with Crippen molar-refractivity contribution in [2.45, 2.75) is 46.0 Å². The number of guanidine groups is 1. The Bertz CT molecular complexity index is 647. The standard InChI is InChI=1S/C16H26F3N5O2S.HI/c1-6-20-13(21-7-8-24(5)14(25)26-15(2,3)4)22-9-12-23-11(10-27-12)16(17,18)19;/h10H,6-9H2,1-5H3,(H2,20,21,22);1H. The van der Waals surface area contributed by atoms with Gasteiger partial charge < -0.3 is 20.3 Å². The number of thiazole rings is 1. The summed E-state index contributed by atoms with van der Waals surface area (Å²) in [4.78, 5) is 21.1. The third-order valence-electron chi connectivity index (χ3n) is 3.00. The van der Waals surface area contributed by atoms with Crippen LogP contribution in [0, 0.1) is 0 Å². The molecule has 0 saturated carbocycles. The molecule has 162 valence electrons. The molecule has 0 bridgehead atoms. The Hall–Kier alpha value is -1.31. The fourth-order valence-electron chi connectivity index (χ4n) is 1.78. The monoisotopic (exact) mass is 537 g/mol. The number of hydrogen-bond acceptors (Lipinski definition) is 5. The van der Waals surface area contributed by atoms with E-state index >= 15 is 0 Å². The number of aromatic nitrogens is 1. The van der Waals surface area contributed by atoms with Crippen LogP contribution in [0.25, 0.3) is 0 Å². The minimum absolute atomic E-state index is 0. The molecular formula is C16H27F3IN5O2S. The van der Waals surface area contributed by atoms with Gasteiger partial charge in [-0.05, 0) is 27.7 Å². The summed E-state index contributed by atoms with van der Waals surface area (Å²) in [6, 6.07) is 0. The van der Waals surface area contributed by atoms with Crippen LogP contribution in [0.2, 0.25) is 0 Å². The van der Waals surface area contributed by atoms with Crippen LogP contribution in [-0.4, -0.2) is 54.2 Å². The zero-order valence-corrected chi connectivity index (χ0v) is 19.7. The van der Waals surface area contributed by atoms with Crippen molar-refractivity contribution in [1.29, 1.82) is 0 Å². The summed E-state index contributed by atoms with van der Waals surface area (Å²) in [6.45, 7) is 8.61. The highest BCUT2D eigenvalue weighted by Gasteiger charge is 2.33. The van der Waals surface area contributed by atoms with Crippen LogP contribution < -0.4 is 10.6 Å². The predicted octanol–water partition coefficient (Wildman–Crippen LogP) is 3.70. The molecule has 1 aromatic rings. The lowest BCUT2D eigenvalue weighted by atomic mass is 10.2. The first kappa shape index (κ1) is 26.7. The molecule has 0 aliphatic carbocycles. The van der Waals surface area contributed by atoms with Crippen LogP contribution >= 0.6 is 35.3 Å². The predicted molar refractivity (Wildman–Crippen MR) is 114 cm³/mol. The topological polar surface area (TPSA) is 78.9 Å². The molecule has 1 heterocycles. The minimum atomic E-state index is -4.45. The van der Waals surface area contributed by atoms with E-state index in [0.717, 1.165) is 16.7 Å². The molecule has 2 N–H and O–H groups in total. The number of carbonyl (C=O) groups excluding carboxylic acids is 1. The SMILES string of the molecule is CCNC(=NCc1nc(C(F)(F)F)cs1)NCCN(C)C(=O)OC(C)(C)C.I. The van der Waals surface area contributed by atoms with Gasteiger partial charge in [-0.15, -0.1) is 35.3 Å². The average molecular weight is 537 g/mol. The minimum Gasteiger partial charge on any atom is -0.444 e. The Balaban J connectivity index is 0.00000729. The maximum atomic E-state index is 12.6. The summed E-state index contributed by atoms with van der Waals surface area (Å²) in [5.41, 5.74) is -1.48. The summed E-state index contributed by atoms with van der Waals surface area (Å²) in [7, 11) is 1.62. The van der Waals surface area contributed by atoms with Crippen molar-refractivity contribution >= 4 is 47.4 Å². The second-order valence-electron chi connectivity index (χ2n) is 6.65. The summed E-state index contributed by atoms with van der Waals surface area (Å²) < 4.78 is 43.0. The first-order valence-corrected chi connectivity index (χ1v) is 9.28. The van der Waals surface area contributed by atoms with Gasteiger partial charge in [0.2, 0.25) is 0 Å². The third kappa shape index (κ3) is 10.3.